The molecular formula is C20H26ClN3O2S. The Kier molecular flexibility index (Phi) is 4.43. The van der Waals surface area contributed by atoms with Crippen molar-refractivity contribution < 1.29 is 9.53 Å². The summed E-state index contributed by atoms with van der Waals surface area (Å²) >= 11 is 7.63. The summed E-state index contributed by atoms with van der Waals surface area (Å²) in [6.07, 6.45) is 3.53. The minimum Gasteiger partial charge on any atom is -0.462 e. The summed E-state index contributed by atoms with van der Waals surface area (Å²) in [4.78, 5) is 25.2. The van der Waals surface area contributed by atoms with E-state index in [4.69, 9.17) is 16.3 Å². The van der Waals surface area contributed by atoms with Crippen LogP contribution in [0.5, 0.6) is 0 Å². The maximum absolute atomic E-state index is 12.4. The van der Waals surface area contributed by atoms with E-state index in [1.54, 1.807) is 0 Å². The van der Waals surface area contributed by atoms with Crippen molar-refractivity contribution in [1.29, 1.82) is 0 Å². The van der Waals surface area contributed by atoms with E-state index in [1.807, 2.05) is 13.8 Å². The van der Waals surface area contributed by atoms with Crippen LogP contribution in [0.15, 0.2) is 0 Å². The number of ether oxygens (including phenoxy) is 1. The standard InChI is InChI=1S/C20H26ClN3O2S/c1-6-26-17(25)14-11(2)13-15(22-18(21)23-16(13)27-14)24-10-20(5)8-12(24)7-19(3,4)9-20/h12H,6-10H2,1-5H3. The number of carbonyl (C=O) groups is 1. The van der Waals surface area contributed by atoms with Crippen molar-refractivity contribution in [1.82, 2.24) is 9.97 Å². The fourth-order valence-corrected chi connectivity index (χ4v) is 6.68. The molecule has 1 aliphatic heterocycles. The Morgan fingerprint density at radius 3 is 2.78 bits per heavy atom. The molecule has 2 aromatic rings. The van der Waals surface area contributed by atoms with Crippen molar-refractivity contribution in [2.45, 2.75) is 59.9 Å². The molecule has 4 rings (SSSR count). The highest BCUT2D eigenvalue weighted by molar-refractivity contribution is 7.20. The van der Waals surface area contributed by atoms with E-state index in [1.165, 1.54) is 24.2 Å². The maximum Gasteiger partial charge on any atom is 0.348 e. The Balaban J connectivity index is 1.84. The number of carbonyl (C=O) groups excluding carboxylic acids is 1. The van der Waals surface area contributed by atoms with Gasteiger partial charge in [-0.25, -0.2) is 9.78 Å². The molecule has 0 N–H and O–H groups in total. The van der Waals surface area contributed by atoms with Crippen LogP contribution >= 0.6 is 22.9 Å². The van der Waals surface area contributed by atoms with E-state index in [0.29, 0.717) is 22.9 Å². The largest absolute Gasteiger partial charge is 0.462 e. The quantitative estimate of drug-likeness (QED) is 0.514. The third kappa shape index (κ3) is 3.21. The number of esters is 1. The molecule has 2 fully saturated rings. The molecule has 2 aliphatic rings. The van der Waals surface area contributed by atoms with Crippen LogP contribution in [-0.2, 0) is 4.74 Å². The van der Waals surface area contributed by atoms with Gasteiger partial charge in [0.25, 0.3) is 0 Å². The first kappa shape index (κ1) is 18.9. The molecule has 2 atom stereocenters. The molecule has 0 spiro atoms. The van der Waals surface area contributed by atoms with E-state index >= 15 is 0 Å². The second-order valence-electron chi connectivity index (χ2n) is 9.11. The van der Waals surface area contributed by atoms with Gasteiger partial charge in [-0.05, 0) is 61.1 Å². The molecular weight excluding hydrogens is 382 g/mol. The number of aromatic nitrogens is 2. The molecule has 0 amide bonds. The van der Waals surface area contributed by atoms with Crippen LogP contribution in [0.4, 0.5) is 5.82 Å². The SMILES string of the molecule is CCOC(=O)c1sc2nc(Cl)nc(N3CC4(C)CC3CC(C)(C)C4)c2c1C. The highest BCUT2D eigenvalue weighted by Crippen LogP contribution is 2.54. The van der Waals surface area contributed by atoms with Gasteiger partial charge in [0.1, 0.15) is 15.5 Å². The number of rotatable bonds is 3. The minimum absolute atomic E-state index is 0.236. The van der Waals surface area contributed by atoms with Gasteiger partial charge in [0.2, 0.25) is 5.28 Å². The number of nitrogens with zero attached hydrogens (tertiary/aromatic N) is 3. The zero-order valence-corrected chi connectivity index (χ0v) is 18.1. The Bertz CT molecular complexity index is 926. The highest BCUT2D eigenvalue weighted by atomic mass is 35.5. The van der Waals surface area contributed by atoms with Gasteiger partial charge in [-0.1, -0.05) is 20.8 Å². The third-order valence-electron chi connectivity index (χ3n) is 5.89. The predicted molar refractivity (Wildman–Crippen MR) is 110 cm³/mol. The average Bonchev–Trinajstić information content (AvgIpc) is 2.99. The fraction of sp³-hybridized carbons (Fsp3) is 0.650. The van der Waals surface area contributed by atoms with Crippen LogP contribution in [0.3, 0.4) is 0 Å². The monoisotopic (exact) mass is 407 g/mol. The first-order valence-electron chi connectivity index (χ1n) is 9.53. The maximum atomic E-state index is 12.4. The summed E-state index contributed by atoms with van der Waals surface area (Å²) in [7, 11) is 0. The number of anilines is 1. The van der Waals surface area contributed by atoms with Crippen molar-refractivity contribution in [2.75, 3.05) is 18.1 Å². The zero-order chi connectivity index (χ0) is 19.6. The van der Waals surface area contributed by atoms with Crippen molar-refractivity contribution in [3.05, 3.63) is 15.7 Å². The molecule has 2 bridgehead atoms. The summed E-state index contributed by atoms with van der Waals surface area (Å²) in [5.74, 6) is 0.578. The molecule has 27 heavy (non-hydrogen) atoms. The smallest absolute Gasteiger partial charge is 0.348 e. The molecule has 2 unspecified atom stereocenters. The molecule has 0 aromatic carbocycles. The summed E-state index contributed by atoms with van der Waals surface area (Å²) in [5, 5.41) is 1.18. The Labute approximate surface area is 169 Å². The van der Waals surface area contributed by atoms with Gasteiger partial charge >= 0.3 is 5.97 Å². The van der Waals surface area contributed by atoms with Crippen LogP contribution in [0.1, 0.15) is 62.2 Å². The minimum atomic E-state index is -0.298. The lowest BCUT2D eigenvalue weighted by Crippen LogP contribution is -2.35. The first-order chi connectivity index (χ1) is 12.6. The normalized spacial score (nSPS) is 26.6. The first-order valence-corrected chi connectivity index (χ1v) is 10.7. The summed E-state index contributed by atoms with van der Waals surface area (Å²) in [6, 6.07) is 0.443. The van der Waals surface area contributed by atoms with E-state index in [0.717, 1.165) is 34.6 Å². The number of hydrogen-bond acceptors (Lipinski definition) is 6. The predicted octanol–water partition coefficient (Wildman–Crippen LogP) is 5.23. The number of thiophene rings is 1. The number of aryl methyl sites for hydroxylation is 1. The van der Waals surface area contributed by atoms with Crippen LogP contribution in [0, 0.1) is 17.8 Å². The van der Waals surface area contributed by atoms with Gasteiger partial charge in [-0.15, -0.1) is 11.3 Å². The van der Waals surface area contributed by atoms with Crippen molar-refractivity contribution in [2.24, 2.45) is 10.8 Å². The summed E-state index contributed by atoms with van der Waals surface area (Å²) in [5.41, 5.74) is 1.50. The second-order valence-corrected chi connectivity index (χ2v) is 10.5. The molecule has 1 saturated heterocycles. The topological polar surface area (TPSA) is 55.3 Å². The second kappa shape index (κ2) is 6.31. The highest BCUT2D eigenvalue weighted by Gasteiger charge is 2.50. The van der Waals surface area contributed by atoms with Crippen molar-refractivity contribution in [3.63, 3.8) is 0 Å². The van der Waals surface area contributed by atoms with Crippen molar-refractivity contribution in [3.8, 4) is 0 Å². The van der Waals surface area contributed by atoms with Gasteiger partial charge in [0.05, 0.1) is 12.0 Å². The van der Waals surface area contributed by atoms with Gasteiger partial charge < -0.3 is 9.64 Å². The lowest BCUT2D eigenvalue weighted by Gasteiger charge is -2.39. The van der Waals surface area contributed by atoms with E-state index < -0.39 is 0 Å². The molecule has 7 heteroatoms. The van der Waals surface area contributed by atoms with Crippen LogP contribution in [-0.4, -0.2) is 35.1 Å². The van der Waals surface area contributed by atoms with Gasteiger partial charge in [-0.2, -0.15) is 4.98 Å². The summed E-state index contributed by atoms with van der Waals surface area (Å²) in [6.45, 7) is 12.2. The lowest BCUT2D eigenvalue weighted by molar-refractivity contribution is 0.0531. The molecule has 3 heterocycles. The number of halogens is 1. The van der Waals surface area contributed by atoms with Crippen LogP contribution in [0.25, 0.3) is 10.2 Å². The molecule has 2 aromatic heterocycles. The molecule has 5 nitrogen and oxygen atoms in total. The molecule has 0 radical (unpaired) electrons. The summed E-state index contributed by atoms with van der Waals surface area (Å²) < 4.78 is 5.22. The molecule has 146 valence electrons. The van der Waals surface area contributed by atoms with Crippen LogP contribution in [0.2, 0.25) is 5.28 Å². The van der Waals surface area contributed by atoms with E-state index in [9.17, 15) is 4.79 Å². The van der Waals surface area contributed by atoms with Crippen LogP contribution < -0.4 is 4.90 Å². The third-order valence-corrected chi connectivity index (χ3v) is 7.23. The Morgan fingerprint density at radius 1 is 1.33 bits per heavy atom. The van der Waals surface area contributed by atoms with E-state index in [2.05, 4.69) is 35.6 Å². The number of hydrogen-bond donors (Lipinski definition) is 0. The fourth-order valence-electron chi connectivity index (χ4n) is 5.40. The average molecular weight is 408 g/mol. The van der Waals surface area contributed by atoms with Gasteiger partial charge in [-0.3, -0.25) is 0 Å². The number of fused-ring (bicyclic) bond motifs is 3. The zero-order valence-electron chi connectivity index (χ0n) is 16.6. The van der Waals surface area contributed by atoms with E-state index in [-0.39, 0.29) is 16.7 Å². The Morgan fingerprint density at radius 2 is 2.07 bits per heavy atom. The molecule has 1 aliphatic carbocycles. The Hall–Kier alpha value is -1.40. The lowest BCUT2D eigenvalue weighted by atomic mass is 9.65. The van der Waals surface area contributed by atoms with Crippen molar-refractivity contribution >= 4 is 44.9 Å². The van der Waals surface area contributed by atoms with Gasteiger partial charge in [0, 0.05) is 12.6 Å². The van der Waals surface area contributed by atoms with Gasteiger partial charge in [0.15, 0.2) is 0 Å². The molecule has 1 saturated carbocycles.